The van der Waals surface area contributed by atoms with Gasteiger partial charge in [-0.2, -0.15) is 0 Å². The van der Waals surface area contributed by atoms with Crippen molar-refractivity contribution in [2.24, 2.45) is 0 Å². The highest BCUT2D eigenvalue weighted by molar-refractivity contribution is 6.01. The van der Waals surface area contributed by atoms with E-state index in [9.17, 15) is 14.4 Å². The van der Waals surface area contributed by atoms with Gasteiger partial charge in [-0.15, -0.1) is 0 Å². The van der Waals surface area contributed by atoms with Gasteiger partial charge in [-0.25, -0.2) is 4.79 Å². The molecule has 0 radical (unpaired) electrons. The molecule has 2 aromatic rings. The maximum Gasteiger partial charge on any atom is 0.409 e. The van der Waals surface area contributed by atoms with E-state index in [0.717, 1.165) is 11.1 Å². The van der Waals surface area contributed by atoms with Gasteiger partial charge in [0, 0.05) is 38.8 Å². The fourth-order valence-corrected chi connectivity index (χ4v) is 4.68. The number of rotatable bonds is 4. The molecule has 2 aromatic carbocycles. The maximum absolute atomic E-state index is 13.9. The molecule has 33 heavy (non-hydrogen) atoms. The van der Waals surface area contributed by atoms with Crippen LogP contribution in [0.1, 0.15) is 40.4 Å². The third-order valence-corrected chi connectivity index (χ3v) is 6.42. The molecule has 3 amide bonds. The van der Waals surface area contributed by atoms with Crippen LogP contribution in [-0.4, -0.2) is 79.6 Å². The van der Waals surface area contributed by atoms with Crippen LogP contribution in [0, 0.1) is 0 Å². The normalized spacial score (nSPS) is 20.3. The number of hydrogen-bond donors (Lipinski definition) is 0. The highest BCUT2D eigenvalue weighted by Gasteiger charge is 2.44. The number of likely N-dealkylation sites (N-methyl/N-ethyl adjacent to an activating group) is 1. The predicted octanol–water partition coefficient (Wildman–Crippen LogP) is 2.91. The minimum Gasteiger partial charge on any atom is -0.497 e. The standard InChI is InChI=1S/C25H29N3O5/c1-4-33-25(31)28-15-13-27(14-16-28)24(30)21-19-7-5-6-8-20(19)23(29)26(2)22(21)17-9-11-18(32-3)12-10-17/h5-12,21-22H,4,13-16H2,1-3H3/t21-,22-/m0/s1. The van der Waals surface area contributed by atoms with Crippen LogP contribution in [0.2, 0.25) is 0 Å². The summed E-state index contributed by atoms with van der Waals surface area (Å²) in [5, 5.41) is 0. The van der Waals surface area contributed by atoms with Gasteiger partial charge in [-0.05, 0) is 36.2 Å². The van der Waals surface area contributed by atoms with Gasteiger partial charge in [-0.1, -0.05) is 30.3 Å². The van der Waals surface area contributed by atoms with Crippen molar-refractivity contribution in [3.63, 3.8) is 0 Å². The van der Waals surface area contributed by atoms with E-state index in [1.807, 2.05) is 42.5 Å². The van der Waals surface area contributed by atoms with E-state index in [1.165, 1.54) is 0 Å². The Balaban J connectivity index is 1.66. The average molecular weight is 452 g/mol. The molecule has 0 aliphatic carbocycles. The molecule has 2 aliphatic heterocycles. The number of hydrogen-bond acceptors (Lipinski definition) is 5. The minimum absolute atomic E-state index is 0.0499. The van der Waals surface area contributed by atoms with Crippen LogP contribution in [-0.2, 0) is 9.53 Å². The lowest BCUT2D eigenvalue weighted by Crippen LogP contribution is -2.54. The first-order valence-corrected chi connectivity index (χ1v) is 11.2. The number of methoxy groups -OCH3 is 1. The van der Waals surface area contributed by atoms with Gasteiger partial charge < -0.3 is 24.2 Å². The smallest absolute Gasteiger partial charge is 0.409 e. The number of nitrogens with zero attached hydrogens (tertiary/aromatic N) is 3. The second-order valence-corrected chi connectivity index (χ2v) is 8.21. The summed E-state index contributed by atoms with van der Waals surface area (Å²) in [5.41, 5.74) is 2.15. The van der Waals surface area contributed by atoms with E-state index < -0.39 is 12.0 Å². The summed E-state index contributed by atoms with van der Waals surface area (Å²) in [5.74, 6) is 0.00191. The Labute approximate surface area is 193 Å². The molecule has 0 N–H and O–H groups in total. The lowest BCUT2D eigenvalue weighted by Gasteiger charge is -2.43. The summed E-state index contributed by atoms with van der Waals surface area (Å²) in [6, 6.07) is 14.4. The first kappa shape index (κ1) is 22.6. The molecule has 4 rings (SSSR count). The predicted molar refractivity (Wildman–Crippen MR) is 122 cm³/mol. The van der Waals surface area contributed by atoms with Crippen molar-refractivity contribution in [1.82, 2.24) is 14.7 Å². The van der Waals surface area contributed by atoms with E-state index >= 15 is 0 Å². The van der Waals surface area contributed by atoms with Crippen LogP contribution in [0.4, 0.5) is 4.79 Å². The molecule has 1 fully saturated rings. The van der Waals surface area contributed by atoms with Crippen molar-refractivity contribution in [1.29, 1.82) is 0 Å². The molecule has 8 nitrogen and oxygen atoms in total. The Kier molecular flexibility index (Phi) is 6.53. The molecule has 0 saturated carbocycles. The van der Waals surface area contributed by atoms with Crippen LogP contribution in [0.15, 0.2) is 48.5 Å². The molecule has 2 aliphatic rings. The number of ether oxygens (including phenoxy) is 2. The van der Waals surface area contributed by atoms with E-state index in [4.69, 9.17) is 9.47 Å². The zero-order valence-corrected chi connectivity index (χ0v) is 19.2. The fourth-order valence-electron chi connectivity index (χ4n) is 4.68. The third kappa shape index (κ3) is 4.25. The monoisotopic (exact) mass is 451 g/mol. The molecule has 0 bridgehead atoms. The summed E-state index contributed by atoms with van der Waals surface area (Å²) >= 11 is 0. The summed E-state index contributed by atoms with van der Waals surface area (Å²) in [6.45, 7) is 3.77. The van der Waals surface area contributed by atoms with Gasteiger partial charge in [0.15, 0.2) is 0 Å². The summed E-state index contributed by atoms with van der Waals surface area (Å²) < 4.78 is 10.4. The van der Waals surface area contributed by atoms with E-state index in [0.29, 0.717) is 44.1 Å². The minimum atomic E-state index is -0.550. The molecule has 2 heterocycles. The number of carbonyl (C=O) groups excluding carboxylic acids is 3. The summed E-state index contributed by atoms with van der Waals surface area (Å²) in [4.78, 5) is 44.2. The van der Waals surface area contributed by atoms with Gasteiger partial charge in [0.2, 0.25) is 5.91 Å². The Morgan fingerprint density at radius 1 is 0.970 bits per heavy atom. The molecule has 174 valence electrons. The quantitative estimate of drug-likeness (QED) is 0.714. The lowest BCUT2D eigenvalue weighted by molar-refractivity contribution is -0.136. The Hall–Kier alpha value is -3.55. The van der Waals surface area contributed by atoms with Crippen LogP contribution < -0.4 is 4.74 Å². The van der Waals surface area contributed by atoms with Crippen molar-refractivity contribution in [3.05, 3.63) is 65.2 Å². The van der Waals surface area contributed by atoms with E-state index in [-0.39, 0.29) is 17.9 Å². The van der Waals surface area contributed by atoms with Crippen molar-refractivity contribution in [2.75, 3.05) is 46.9 Å². The Morgan fingerprint density at radius 2 is 1.61 bits per heavy atom. The first-order chi connectivity index (χ1) is 16.0. The van der Waals surface area contributed by atoms with Gasteiger partial charge in [0.1, 0.15) is 5.75 Å². The molecular formula is C25H29N3O5. The zero-order chi connectivity index (χ0) is 23.5. The fraction of sp³-hybridized carbons (Fsp3) is 0.400. The van der Waals surface area contributed by atoms with Gasteiger partial charge in [0.25, 0.3) is 5.91 Å². The molecule has 0 spiro atoms. The number of benzene rings is 2. The summed E-state index contributed by atoms with van der Waals surface area (Å²) in [7, 11) is 3.34. The lowest BCUT2D eigenvalue weighted by atomic mass is 9.79. The van der Waals surface area contributed by atoms with E-state index in [1.54, 1.807) is 41.8 Å². The van der Waals surface area contributed by atoms with Crippen molar-refractivity contribution in [2.45, 2.75) is 18.9 Å². The topological polar surface area (TPSA) is 79.4 Å². The van der Waals surface area contributed by atoms with E-state index in [2.05, 4.69) is 0 Å². The highest BCUT2D eigenvalue weighted by atomic mass is 16.6. The number of fused-ring (bicyclic) bond motifs is 1. The maximum atomic E-state index is 13.9. The first-order valence-electron chi connectivity index (χ1n) is 11.2. The number of amides is 3. The van der Waals surface area contributed by atoms with Crippen LogP contribution >= 0.6 is 0 Å². The van der Waals surface area contributed by atoms with Gasteiger partial charge in [-0.3, -0.25) is 9.59 Å². The largest absolute Gasteiger partial charge is 0.497 e. The van der Waals surface area contributed by atoms with Crippen LogP contribution in [0.5, 0.6) is 5.75 Å². The molecule has 0 unspecified atom stereocenters. The molecular weight excluding hydrogens is 422 g/mol. The zero-order valence-electron chi connectivity index (χ0n) is 19.2. The number of piperazine rings is 1. The second-order valence-electron chi connectivity index (χ2n) is 8.21. The number of carbonyl (C=O) groups is 3. The molecule has 0 aromatic heterocycles. The summed E-state index contributed by atoms with van der Waals surface area (Å²) in [6.07, 6.45) is -0.353. The van der Waals surface area contributed by atoms with Crippen LogP contribution in [0.3, 0.4) is 0 Å². The SMILES string of the molecule is CCOC(=O)N1CCN(C(=O)[C@H]2c3ccccc3C(=O)N(C)[C@H]2c2ccc(OC)cc2)CC1. The molecule has 2 atom stereocenters. The Bertz CT molecular complexity index is 1030. The van der Waals surface area contributed by atoms with Crippen molar-refractivity contribution in [3.8, 4) is 5.75 Å². The second kappa shape index (κ2) is 9.52. The average Bonchev–Trinajstić information content (AvgIpc) is 2.86. The highest BCUT2D eigenvalue weighted by Crippen LogP contribution is 2.43. The molecule has 1 saturated heterocycles. The van der Waals surface area contributed by atoms with Gasteiger partial charge in [0.05, 0.1) is 25.7 Å². The molecule has 8 heteroatoms. The third-order valence-electron chi connectivity index (χ3n) is 6.42. The van der Waals surface area contributed by atoms with Gasteiger partial charge >= 0.3 is 6.09 Å². The Morgan fingerprint density at radius 3 is 2.24 bits per heavy atom. The van der Waals surface area contributed by atoms with Crippen molar-refractivity contribution >= 4 is 17.9 Å². The van der Waals surface area contributed by atoms with Crippen molar-refractivity contribution < 1.29 is 23.9 Å². The van der Waals surface area contributed by atoms with Crippen LogP contribution in [0.25, 0.3) is 0 Å².